The third-order valence-corrected chi connectivity index (χ3v) is 3.12. The fourth-order valence-electron chi connectivity index (χ4n) is 1.60. The first-order chi connectivity index (χ1) is 8.55. The number of carboxylic acids is 1. The van der Waals surface area contributed by atoms with Crippen molar-refractivity contribution in [2.24, 2.45) is 0 Å². The van der Waals surface area contributed by atoms with Gasteiger partial charge in [-0.3, -0.25) is 14.5 Å². The van der Waals surface area contributed by atoms with Crippen LogP contribution in [0.5, 0.6) is 0 Å². The van der Waals surface area contributed by atoms with Gasteiger partial charge in [0, 0.05) is 25.1 Å². The maximum absolute atomic E-state index is 11.1. The number of carbonyl (C=O) groups is 1. The van der Waals surface area contributed by atoms with E-state index >= 15 is 0 Å². The molecule has 0 aliphatic heterocycles. The highest BCUT2D eigenvalue weighted by atomic mass is 16.4. The molecular formula is C12H16N4O2. The van der Waals surface area contributed by atoms with Gasteiger partial charge in [-0.2, -0.15) is 0 Å². The summed E-state index contributed by atoms with van der Waals surface area (Å²) in [7, 11) is 0. The molecule has 6 nitrogen and oxygen atoms in total. The molecule has 0 aromatic carbocycles. The molecule has 1 unspecified atom stereocenters. The predicted octanol–water partition coefficient (Wildman–Crippen LogP) is 1.07. The molecule has 0 bridgehead atoms. The Balaban J connectivity index is 2.12. The van der Waals surface area contributed by atoms with E-state index < -0.39 is 11.5 Å². The second-order valence-corrected chi connectivity index (χ2v) is 4.40. The van der Waals surface area contributed by atoms with Crippen LogP contribution < -0.4 is 5.32 Å². The summed E-state index contributed by atoms with van der Waals surface area (Å²) in [4.78, 5) is 19.6. The van der Waals surface area contributed by atoms with Crippen LogP contribution in [0.3, 0.4) is 0 Å². The Kier molecular flexibility index (Phi) is 3.29. The maximum Gasteiger partial charge on any atom is 0.323 e. The number of rotatable bonds is 5. The molecule has 1 atom stereocenters. The van der Waals surface area contributed by atoms with Crippen molar-refractivity contribution in [2.45, 2.75) is 32.4 Å². The van der Waals surface area contributed by atoms with E-state index in [0.29, 0.717) is 18.7 Å². The van der Waals surface area contributed by atoms with E-state index in [4.69, 9.17) is 5.11 Å². The normalized spacial score (nSPS) is 14.6. The zero-order valence-electron chi connectivity index (χ0n) is 10.4. The Morgan fingerprint density at radius 3 is 3.00 bits per heavy atom. The zero-order chi connectivity index (χ0) is 13.2. The highest BCUT2D eigenvalue weighted by molar-refractivity contribution is 5.78. The number of fused-ring (bicyclic) bond motifs is 1. The Morgan fingerprint density at radius 2 is 2.39 bits per heavy atom. The van der Waals surface area contributed by atoms with Crippen LogP contribution in [-0.2, 0) is 11.3 Å². The molecule has 0 fully saturated rings. The first kappa shape index (κ1) is 12.5. The minimum atomic E-state index is -0.927. The van der Waals surface area contributed by atoms with E-state index in [0.717, 1.165) is 5.69 Å². The molecule has 2 N–H and O–H groups in total. The van der Waals surface area contributed by atoms with E-state index in [1.807, 2.05) is 25.4 Å². The highest BCUT2D eigenvalue weighted by Gasteiger charge is 2.30. The van der Waals surface area contributed by atoms with Crippen molar-refractivity contribution in [3.8, 4) is 0 Å². The van der Waals surface area contributed by atoms with E-state index in [1.165, 1.54) is 0 Å². The first-order valence-corrected chi connectivity index (χ1v) is 5.82. The Morgan fingerprint density at radius 1 is 1.61 bits per heavy atom. The summed E-state index contributed by atoms with van der Waals surface area (Å²) in [5.74, 6) is -0.241. The molecule has 96 valence electrons. The van der Waals surface area contributed by atoms with Gasteiger partial charge in [0.15, 0.2) is 0 Å². The Hall–Kier alpha value is -1.95. The van der Waals surface area contributed by atoms with Crippen molar-refractivity contribution in [2.75, 3.05) is 0 Å². The number of hydrogen-bond acceptors (Lipinski definition) is 4. The lowest BCUT2D eigenvalue weighted by Gasteiger charge is -2.24. The smallest absolute Gasteiger partial charge is 0.323 e. The molecule has 18 heavy (non-hydrogen) atoms. The van der Waals surface area contributed by atoms with Gasteiger partial charge in [0.25, 0.3) is 0 Å². The molecular weight excluding hydrogens is 232 g/mol. The number of aliphatic carboxylic acids is 1. The molecule has 0 amide bonds. The standard InChI is InChI=1S/C12H16N4O2/c1-3-12(2,10(17)18)14-7-9-8-16-6-4-5-13-11(16)15-9/h4-6,8,14H,3,7H2,1-2H3,(H,17,18). The lowest BCUT2D eigenvalue weighted by Crippen LogP contribution is -2.48. The molecule has 6 heteroatoms. The Labute approximate surface area is 105 Å². The quantitative estimate of drug-likeness (QED) is 0.827. The molecule has 0 radical (unpaired) electrons. The topological polar surface area (TPSA) is 79.5 Å². The van der Waals surface area contributed by atoms with Crippen LogP contribution in [0.1, 0.15) is 26.0 Å². The van der Waals surface area contributed by atoms with Crippen molar-refractivity contribution < 1.29 is 9.90 Å². The minimum Gasteiger partial charge on any atom is -0.480 e. The monoisotopic (exact) mass is 248 g/mol. The molecule has 0 spiro atoms. The van der Waals surface area contributed by atoms with Gasteiger partial charge in [0.2, 0.25) is 5.78 Å². The number of carboxylic acid groups (broad SMARTS) is 1. The Bertz CT molecular complexity index is 533. The van der Waals surface area contributed by atoms with Gasteiger partial charge in [-0.05, 0) is 19.4 Å². The molecule has 0 aliphatic carbocycles. The third-order valence-electron chi connectivity index (χ3n) is 3.12. The lowest BCUT2D eigenvalue weighted by atomic mass is 9.99. The SMILES string of the molecule is CCC(C)(NCc1cn2cccnc2n1)C(=O)O. The summed E-state index contributed by atoms with van der Waals surface area (Å²) in [5, 5.41) is 12.2. The fourth-order valence-corrected chi connectivity index (χ4v) is 1.60. The van der Waals surface area contributed by atoms with E-state index in [2.05, 4.69) is 15.3 Å². The van der Waals surface area contributed by atoms with Gasteiger partial charge in [-0.25, -0.2) is 9.97 Å². The zero-order valence-corrected chi connectivity index (χ0v) is 10.4. The van der Waals surface area contributed by atoms with Crippen LogP contribution in [0.25, 0.3) is 5.78 Å². The highest BCUT2D eigenvalue weighted by Crippen LogP contribution is 2.11. The summed E-state index contributed by atoms with van der Waals surface area (Å²) in [6.45, 7) is 3.91. The number of imidazole rings is 1. The predicted molar refractivity (Wildman–Crippen MR) is 66.2 cm³/mol. The summed E-state index contributed by atoms with van der Waals surface area (Å²) >= 11 is 0. The summed E-state index contributed by atoms with van der Waals surface area (Å²) in [6.07, 6.45) is 5.88. The van der Waals surface area contributed by atoms with Crippen LogP contribution in [0, 0.1) is 0 Å². The van der Waals surface area contributed by atoms with Crippen LogP contribution in [0.4, 0.5) is 0 Å². The van der Waals surface area contributed by atoms with Gasteiger partial charge < -0.3 is 5.11 Å². The van der Waals surface area contributed by atoms with E-state index in [-0.39, 0.29) is 0 Å². The summed E-state index contributed by atoms with van der Waals surface area (Å²) < 4.78 is 1.81. The van der Waals surface area contributed by atoms with Crippen LogP contribution >= 0.6 is 0 Å². The van der Waals surface area contributed by atoms with E-state index in [1.54, 1.807) is 17.5 Å². The molecule has 2 heterocycles. The molecule has 0 saturated heterocycles. The lowest BCUT2D eigenvalue weighted by molar-refractivity contribution is -0.144. The van der Waals surface area contributed by atoms with Crippen molar-refractivity contribution in [1.82, 2.24) is 19.7 Å². The van der Waals surface area contributed by atoms with Crippen molar-refractivity contribution in [1.29, 1.82) is 0 Å². The number of hydrogen-bond donors (Lipinski definition) is 2. The van der Waals surface area contributed by atoms with Gasteiger partial charge in [0.05, 0.1) is 5.69 Å². The average Bonchev–Trinajstić information content (AvgIpc) is 2.78. The average molecular weight is 248 g/mol. The van der Waals surface area contributed by atoms with Gasteiger partial charge in [-0.15, -0.1) is 0 Å². The van der Waals surface area contributed by atoms with E-state index in [9.17, 15) is 4.79 Å². The van der Waals surface area contributed by atoms with Gasteiger partial charge in [0.1, 0.15) is 5.54 Å². The maximum atomic E-state index is 11.1. The first-order valence-electron chi connectivity index (χ1n) is 5.82. The molecule has 2 aromatic heterocycles. The molecule has 2 rings (SSSR count). The number of nitrogens with zero attached hydrogens (tertiary/aromatic N) is 3. The molecule has 2 aromatic rings. The van der Waals surface area contributed by atoms with Crippen LogP contribution in [0.2, 0.25) is 0 Å². The molecule has 0 saturated carbocycles. The summed E-state index contributed by atoms with van der Waals surface area (Å²) in [5.41, 5.74) is -0.155. The van der Waals surface area contributed by atoms with Gasteiger partial charge in [-0.1, -0.05) is 6.92 Å². The third kappa shape index (κ3) is 2.33. The minimum absolute atomic E-state index is 0.403. The second-order valence-electron chi connectivity index (χ2n) is 4.40. The van der Waals surface area contributed by atoms with Crippen LogP contribution in [-0.4, -0.2) is 31.0 Å². The van der Waals surface area contributed by atoms with Crippen molar-refractivity contribution >= 4 is 11.7 Å². The van der Waals surface area contributed by atoms with Gasteiger partial charge >= 0.3 is 5.97 Å². The number of aromatic nitrogens is 3. The van der Waals surface area contributed by atoms with Crippen LogP contribution in [0.15, 0.2) is 24.7 Å². The summed E-state index contributed by atoms with van der Waals surface area (Å²) in [6, 6.07) is 1.82. The van der Waals surface area contributed by atoms with Crippen molar-refractivity contribution in [3.05, 3.63) is 30.4 Å². The fraction of sp³-hybridized carbons (Fsp3) is 0.417. The second kappa shape index (κ2) is 4.73. The number of nitrogens with one attached hydrogen (secondary N) is 1. The largest absolute Gasteiger partial charge is 0.480 e. The molecule has 0 aliphatic rings. The van der Waals surface area contributed by atoms with Crippen molar-refractivity contribution in [3.63, 3.8) is 0 Å².